The van der Waals surface area contributed by atoms with Gasteiger partial charge in [0.1, 0.15) is 5.54 Å². The molecule has 0 aliphatic carbocycles. The largest absolute Gasteiger partial charge is 0.375 e. The zero-order valence-corrected chi connectivity index (χ0v) is 9.70. The maximum Gasteiger partial charge on any atom is 0.114 e. The molecule has 0 radical (unpaired) electrons. The molecule has 2 atom stereocenters. The maximum atomic E-state index is 9.49. The maximum absolute atomic E-state index is 9.49. The van der Waals surface area contributed by atoms with Crippen LogP contribution in [0.4, 0.5) is 0 Å². The molecule has 2 heterocycles. The Morgan fingerprint density at radius 2 is 1.73 bits per heavy atom. The number of hydrogen-bond donors (Lipinski definition) is 0. The van der Waals surface area contributed by atoms with E-state index in [-0.39, 0.29) is 17.7 Å². The van der Waals surface area contributed by atoms with Crippen molar-refractivity contribution in [3.63, 3.8) is 0 Å². The predicted molar refractivity (Wildman–Crippen MR) is 58.4 cm³/mol. The van der Waals surface area contributed by atoms with Crippen LogP contribution in [0.5, 0.6) is 0 Å². The molecule has 0 N–H and O–H groups in total. The highest BCUT2D eigenvalue weighted by Crippen LogP contribution is 2.35. The fraction of sp³-hybridized carbons (Fsp3) is 0.917. The standard InChI is InChI=1S/C12H20N2O/c1-10-7-12(9-13,8-11(2)15-10)14-5-3-4-6-14/h10-11H,3-8H2,1-2H3. The molecular weight excluding hydrogens is 188 g/mol. The molecule has 2 unspecified atom stereocenters. The van der Waals surface area contributed by atoms with Crippen LogP contribution < -0.4 is 0 Å². The minimum Gasteiger partial charge on any atom is -0.375 e. The smallest absolute Gasteiger partial charge is 0.114 e. The summed E-state index contributed by atoms with van der Waals surface area (Å²) in [5.41, 5.74) is -0.242. The number of ether oxygens (including phenoxy) is 1. The lowest BCUT2D eigenvalue weighted by Crippen LogP contribution is -2.53. The zero-order chi connectivity index (χ0) is 10.9. The monoisotopic (exact) mass is 208 g/mol. The van der Waals surface area contributed by atoms with Gasteiger partial charge in [0.2, 0.25) is 0 Å². The van der Waals surface area contributed by atoms with Crippen molar-refractivity contribution in [1.82, 2.24) is 4.90 Å². The third-order valence-corrected chi connectivity index (χ3v) is 3.63. The van der Waals surface area contributed by atoms with Crippen LogP contribution in [0, 0.1) is 11.3 Å². The summed E-state index contributed by atoms with van der Waals surface area (Å²) in [6.07, 6.45) is 4.66. The molecular formula is C12H20N2O. The number of nitrogens with zero attached hydrogens (tertiary/aromatic N) is 2. The Morgan fingerprint density at radius 1 is 1.20 bits per heavy atom. The number of hydrogen-bond acceptors (Lipinski definition) is 3. The Bertz CT molecular complexity index is 255. The van der Waals surface area contributed by atoms with Gasteiger partial charge in [0.15, 0.2) is 0 Å². The van der Waals surface area contributed by atoms with Gasteiger partial charge in [0, 0.05) is 12.8 Å². The second-order valence-corrected chi connectivity index (χ2v) is 5.00. The van der Waals surface area contributed by atoms with Gasteiger partial charge in [-0.15, -0.1) is 0 Å². The molecule has 0 spiro atoms. The lowest BCUT2D eigenvalue weighted by molar-refractivity contribution is -0.0827. The Kier molecular flexibility index (Phi) is 2.99. The van der Waals surface area contributed by atoms with Gasteiger partial charge in [-0.1, -0.05) is 0 Å². The van der Waals surface area contributed by atoms with Crippen molar-refractivity contribution in [3.05, 3.63) is 0 Å². The van der Waals surface area contributed by atoms with Crippen molar-refractivity contribution in [2.75, 3.05) is 13.1 Å². The number of nitriles is 1. The summed E-state index contributed by atoms with van der Waals surface area (Å²) >= 11 is 0. The summed E-state index contributed by atoms with van der Waals surface area (Å²) in [6.45, 7) is 6.34. The fourth-order valence-corrected chi connectivity index (χ4v) is 3.09. The summed E-state index contributed by atoms with van der Waals surface area (Å²) in [4.78, 5) is 2.38. The van der Waals surface area contributed by atoms with E-state index >= 15 is 0 Å². The molecule has 0 bridgehead atoms. The van der Waals surface area contributed by atoms with Crippen LogP contribution >= 0.6 is 0 Å². The van der Waals surface area contributed by atoms with E-state index in [2.05, 4.69) is 24.8 Å². The molecule has 0 saturated carbocycles. The van der Waals surface area contributed by atoms with E-state index in [1.165, 1.54) is 12.8 Å². The van der Waals surface area contributed by atoms with Crippen LogP contribution in [0.3, 0.4) is 0 Å². The van der Waals surface area contributed by atoms with Gasteiger partial charge in [-0.05, 0) is 39.8 Å². The molecule has 0 aromatic heterocycles. The van der Waals surface area contributed by atoms with Crippen LogP contribution in [-0.2, 0) is 4.74 Å². The van der Waals surface area contributed by atoms with E-state index in [9.17, 15) is 5.26 Å². The summed E-state index contributed by atoms with van der Waals surface area (Å²) in [6, 6.07) is 2.57. The molecule has 0 amide bonds. The number of likely N-dealkylation sites (tertiary alicyclic amines) is 1. The summed E-state index contributed by atoms with van der Waals surface area (Å²) in [5, 5.41) is 9.49. The van der Waals surface area contributed by atoms with E-state index in [0.29, 0.717) is 0 Å². The number of rotatable bonds is 1. The average Bonchev–Trinajstić information content (AvgIpc) is 2.69. The molecule has 3 nitrogen and oxygen atoms in total. The van der Waals surface area contributed by atoms with Gasteiger partial charge in [0.05, 0.1) is 18.3 Å². The minimum atomic E-state index is -0.242. The first-order chi connectivity index (χ1) is 7.16. The van der Waals surface area contributed by atoms with Crippen molar-refractivity contribution in [2.24, 2.45) is 0 Å². The van der Waals surface area contributed by atoms with Crippen molar-refractivity contribution in [3.8, 4) is 6.07 Å². The highest BCUT2D eigenvalue weighted by atomic mass is 16.5. The first kappa shape index (κ1) is 10.9. The highest BCUT2D eigenvalue weighted by molar-refractivity contribution is 5.12. The SMILES string of the molecule is CC1CC(C#N)(N2CCCC2)CC(C)O1. The first-order valence-corrected chi connectivity index (χ1v) is 5.98. The van der Waals surface area contributed by atoms with Crippen LogP contribution in [0.15, 0.2) is 0 Å². The first-order valence-electron chi connectivity index (χ1n) is 5.98. The molecule has 2 saturated heterocycles. The topological polar surface area (TPSA) is 36.3 Å². The zero-order valence-electron chi connectivity index (χ0n) is 9.70. The quantitative estimate of drug-likeness (QED) is 0.660. The van der Waals surface area contributed by atoms with Gasteiger partial charge < -0.3 is 4.74 Å². The average molecular weight is 208 g/mol. The molecule has 3 heteroatoms. The van der Waals surface area contributed by atoms with Crippen LogP contribution in [0.25, 0.3) is 0 Å². The normalized spacial score (nSPS) is 42.7. The van der Waals surface area contributed by atoms with E-state index < -0.39 is 0 Å². The lowest BCUT2D eigenvalue weighted by Gasteiger charge is -2.43. The third kappa shape index (κ3) is 2.02. The van der Waals surface area contributed by atoms with Crippen molar-refractivity contribution in [1.29, 1.82) is 5.26 Å². The second kappa shape index (κ2) is 4.11. The van der Waals surface area contributed by atoms with Crippen molar-refractivity contribution >= 4 is 0 Å². The molecule has 15 heavy (non-hydrogen) atoms. The van der Waals surface area contributed by atoms with Gasteiger partial charge in [0.25, 0.3) is 0 Å². The van der Waals surface area contributed by atoms with Crippen molar-refractivity contribution in [2.45, 2.75) is 57.3 Å². The Balaban J connectivity index is 2.16. The van der Waals surface area contributed by atoms with Crippen molar-refractivity contribution < 1.29 is 4.74 Å². The third-order valence-electron chi connectivity index (χ3n) is 3.63. The molecule has 84 valence electrons. The van der Waals surface area contributed by atoms with E-state index in [1.54, 1.807) is 0 Å². The molecule has 0 aromatic rings. The van der Waals surface area contributed by atoms with Gasteiger partial charge in [-0.25, -0.2) is 0 Å². The molecule has 2 fully saturated rings. The second-order valence-electron chi connectivity index (χ2n) is 5.00. The van der Waals surface area contributed by atoms with Gasteiger partial charge >= 0.3 is 0 Å². The van der Waals surface area contributed by atoms with Gasteiger partial charge in [-0.2, -0.15) is 5.26 Å². The van der Waals surface area contributed by atoms with Gasteiger partial charge in [-0.3, -0.25) is 4.90 Å². The summed E-state index contributed by atoms with van der Waals surface area (Å²) in [5.74, 6) is 0. The van der Waals surface area contributed by atoms with E-state index in [1.807, 2.05) is 0 Å². The van der Waals surface area contributed by atoms with Crippen LogP contribution in [0.2, 0.25) is 0 Å². The van der Waals surface area contributed by atoms with Crippen LogP contribution in [-0.4, -0.2) is 35.7 Å². The van der Waals surface area contributed by atoms with E-state index in [0.717, 1.165) is 25.9 Å². The summed E-state index contributed by atoms with van der Waals surface area (Å²) < 4.78 is 5.73. The molecule has 2 aliphatic rings. The molecule has 2 aliphatic heterocycles. The lowest BCUT2D eigenvalue weighted by atomic mass is 9.84. The predicted octanol–water partition coefficient (Wildman–Crippen LogP) is 1.93. The van der Waals surface area contributed by atoms with Crippen LogP contribution in [0.1, 0.15) is 39.5 Å². The highest BCUT2D eigenvalue weighted by Gasteiger charge is 2.44. The molecule has 0 aromatic carbocycles. The minimum absolute atomic E-state index is 0.217. The molecule has 2 rings (SSSR count). The fourth-order valence-electron chi connectivity index (χ4n) is 3.09. The Hall–Kier alpha value is -0.590. The Morgan fingerprint density at radius 3 is 2.20 bits per heavy atom. The Labute approximate surface area is 92.0 Å². The van der Waals surface area contributed by atoms with E-state index in [4.69, 9.17) is 4.74 Å². The summed E-state index contributed by atoms with van der Waals surface area (Å²) in [7, 11) is 0.